The van der Waals surface area contributed by atoms with Crippen LogP contribution in [-0.4, -0.2) is 10.1 Å². The molecule has 2 rings (SSSR count). The van der Waals surface area contributed by atoms with Crippen LogP contribution in [-0.2, 0) is 6.54 Å². The van der Waals surface area contributed by atoms with Gasteiger partial charge in [0.25, 0.3) is 0 Å². The molecule has 0 saturated carbocycles. The highest BCUT2D eigenvalue weighted by Crippen LogP contribution is 2.24. The second-order valence-electron chi connectivity index (χ2n) is 4.22. The zero-order valence-corrected chi connectivity index (χ0v) is 11.8. The molecule has 1 aromatic heterocycles. The molecule has 2 aromatic rings. The van der Waals surface area contributed by atoms with Crippen LogP contribution in [0.4, 0.5) is 0 Å². The third-order valence-corrected chi connectivity index (χ3v) is 4.08. The van der Waals surface area contributed by atoms with Crippen LogP contribution in [0, 0.1) is 6.92 Å². The summed E-state index contributed by atoms with van der Waals surface area (Å²) < 4.78 is 0. The van der Waals surface area contributed by atoms with Crippen molar-refractivity contribution >= 4 is 22.9 Å². The number of phenols is 1. The number of aryl methyl sites for hydroxylation is 1. The summed E-state index contributed by atoms with van der Waals surface area (Å²) in [6, 6.07) is 5.44. The number of nitrogens with one attached hydrogen (secondary N) is 1. The SMILES string of the molecule is Cc1csc(C(C)NCc2ccc(O)c(Cl)c2)n1. The first kappa shape index (κ1) is 13.3. The summed E-state index contributed by atoms with van der Waals surface area (Å²) in [5.74, 6) is 0.115. The van der Waals surface area contributed by atoms with E-state index in [1.54, 1.807) is 23.5 Å². The molecule has 3 nitrogen and oxygen atoms in total. The van der Waals surface area contributed by atoms with Gasteiger partial charge in [0.15, 0.2) is 0 Å². The monoisotopic (exact) mass is 282 g/mol. The van der Waals surface area contributed by atoms with E-state index in [0.29, 0.717) is 11.6 Å². The number of rotatable bonds is 4. The quantitative estimate of drug-likeness (QED) is 0.899. The van der Waals surface area contributed by atoms with Crippen LogP contribution in [0.1, 0.15) is 29.2 Å². The fraction of sp³-hybridized carbons (Fsp3) is 0.308. The van der Waals surface area contributed by atoms with Crippen molar-refractivity contribution < 1.29 is 5.11 Å². The number of hydrogen-bond donors (Lipinski definition) is 2. The Morgan fingerprint density at radius 2 is 2.28 bits per heavy atom. The first-order valence-corrected chi connectivity index (χ1v) is 6.95. The molecular formula is C13H15ClN2OS. The average Bonchev–Trinajstić information content (AvgIpc) is 2.77. The van der Waals surface area contributed by atoms with Crippen LogP contribution in [0.25, 0.3) is 0 Å². The molecule has 0 aliphatic rings. The lowest BCUT2D eigenvalue weighted by Gasteiger charge is -2.11. The predicted molar refractivity (Wildman–Crippen MR) is 75.2 cm³/mol. The van der Waals surface area contributed by atoms with Gasteiger partial charge in [0.05, 0.1) is 11.1 Å². The highest BCUT2D eigenvalue weighted by Gasteiger charge is 2.09. The molecule has 0 fully saturated rings. The molecule has 1 unspecified atom stereocenters. The van der Waals surface area contributed by atoms with Gasteiger partial charge in [-0.1, -0.05) is 17.7 Å². The summed E-state index contributed by atoms with van der Waals surface area (Å²) in [7, 11) is 0. The van der Waals surface area contributed by atoms with E-state index in [1.807, 2.05) is 18.4 Å². The lowest BCUT2D eigenvalue weighted by molar-refractivity contribution is 0.475. The third-order valence-electron chi connectivity index (χ3n) is 2.63. The average molecular weight is 283 g/mol. The topological polar surface area (TPSA) is 45.1 Å². The van der Waals surface area contributed by atoms with Crippen molar-refractivity contribution in [1.82, 2.24) is 10.3 Å². The van der Waals surface area contributed by atoms with Crippen molar-refractivity contribution in [3.8, 4) is 5.75 Å². The highest BCUT2D eigenvalue weighted by molar-refractivity contribution is 7.09. The van der Waals surface area contributed by atoms with Crippen molar-refractivity contribution in [3.63, 3.8) is 0 Å². The van der Waals surface area contributed by atoms with Crippen LogP contribution >= 0.6 is 22.9 Å². The van der Waals surface area contributed by atoms with E-state index in [-0.39, 0.29) is 11.8 Å². The first-order valence-electron chi connectivity index (χ1n) is 5.69. The lowest BCUT2D eigenvalue weighted by atomic mass is 10.2. The largest absolute Gasteiger partial charge is 0.506 e. The molecule has 0 aliphatic carbocycles. The van der Waals surface area contributed by atoms with Gasteiger partial charge in [0.1, 0.15) is 10.8 Å². The first-order chi connectivity index (χ1) is 8.56. The number of nitrogens with zero attached hydrogens (tertiary/aromatic N) is 1. The van der Waals surface area contributed by atoms with Crippen molar-refractivity contribution in [2.75, 3.05) is 0 Å². The molecule has 1 aromatic carbocycles. The normalized spacial score (nSPS) is 12.6. The Hall–Kier alpha value is -1.10. The Morgan fingerprint density at radius 1 is 1.50 bits per heavy atom. The molecule has 0 radical (unpaired) electrons. The maximum atomic E-state index is 9.34. The smallest absolute Gasteiger partial charge is 0.134 e. The second-order valence-corrected chi connectivity index (χ2v) is 5.51. The van der Waals surface area contributed by atoms with Gasteiger partial charge >= 0.3 is 0 Å². The second kappa shape index (κ2) is 5.69. The van der Waals surface area contributed by atoms with E-state index < -0.39 is 0 Å². The number of hydrogen-bond acceptors (Lipinski definition) is 4. The van der Waals surface area contributed by atoms with Crippen LogP contribution < -0.4 is 5.32 Å². The van der Waals surface area contributed by atoms with Gasteiger partial charge in [-0.2, -0.15) is 0 Å². The van der Waals surface area contributed by atoms with E-state index >= 15 is 0 Å². The van der Waals surface area contributed by atoms with Crippen LogP contribution in [0.2, 0.25) is 5.02 Å². The molecule has 0 amide bonds. The van der Waals surface area contributed by atoms with E-state index in [0.717, 1.165) is 16.3 Å². The number of aromatic hydroxyl groups is 1. The van der Waals surface area contributed by atoms with E-state index in [4.69, 9.17) is 11.6 Å². The van der Waals surface area contributed by atoms with E-state index in [2.05, 4.69) is 17.2 Å². The Kier molecular flexibility index (Phi) is 4.22. The van der Waals surface area contributed by atoms with Gasteiger partial charge in [-0.15, -0.1) is 11.3 Å². The minimum atomic E-state index is 0.115. The van der Waals surface area contributed by atoms with Gasteiger partial charge < -0.3 is 10.4 Å². The maximum Gasteiger partial charge on any atom is 0.134 e. The van der Waals surface area contributed by atoms with Crippen LogP contribution in [0.5, 0.6) is 5.75 Å². The minimum Gasteiger partial charge on any atom is -0.506 e. The summed E-state index contributed by atoms with van der Waals surface area (Å²) in [5.41, 5.74) is 2.09. The molecule has 0 bridgehead atoms. The summed E-state index contributed by atoms with van der Waals surface area (Å²) >= 11 is 7.52. The molecule has 1 heterocycles. The summed E-state index contributed by atoms with van der Waals surface area (Å²) in [4.78, 5) is 4.44. The van der Waals surface area contributed by atoms with Crippen molar-refractivity contribution in [3.05, 3.63) is 44.9 Å². The number of thiazole rings is 1. The van der Waals surface area contributed by atoms with Crippen molar-refractivity contribution in [2.45, 2.75) is 26.4 Å². The lowest BCUT2D eigenvalue weighted by Crippen LogP contribution is -2.17. The molecule has 5 heteroatoms. The summed E-state index contributed by atoms with van der Waals surface area (Å²) in [6.07, 6.45) is 0. The zero-order chi connectivity index (χ0) is 13.1. The summed E-state index contributed by atoms with van der Waals surface area (Å²) in [6.45, 7) is 4.77. The zero-order valence-electron chi connectivity index (χ0n) is 10.3. The number of aromatic nitrogens is 1. The molecule has 96 valence electrons. The fourth-order valence-electron chi connectivity index (χ4n) is 1.59. The minimum absolute atomic E-state index is 0.115. The van der Waals surface area contributed by atoms with Gasteiger partial charge in [0.2, 0.25) is 0 Å². The van der Waals surface area contributed by atoms with E-state index in [1.165, 1.54) is 0 Å². The van der Waals surface area contributed by atoms with Crippen LogP contribution in [0.15, 0.2) is 23.6 Å². The van der Waals surface area contributed by atoms with Crippen molar-refractivity contribution in [2.24, 2.45) is 0 Å². The van der Waals surface area contributed by atoms with Gasteiger partial charge in [0, 0.05) is 17.6 Å². The molecule has 2 N–H and O–H groups in total. The number of halogens is 1. The molecule has 18 heavy (non-hydrogen) atoms. The maximum absolute atomic E-state index is 9.34. The fourth-order valence-corrected chi connectivity index (χ4v) is 2.62. The predicted octanol–water partition coefficient (Wildman–Crippen LogP) is 3.66. The van der Waals surface area contributed by atoms with Gasteiger partial charge in [-0.05, 0) is 31.5 Å². The molecule has 0 spiro atoms. The Labute approximate surface area is 115 Å². The van der Waals surface area contributed by atoms with Gasteiger partial charge in [-0.25, -0.2) is 4.98 Å². The Balaban J connectivity index is 1.97. The standard InChI is InChI=1S/C13H15ClN2OS/c1-8-7-18-13(16-8)9(2)15-6-10-3-4-12(17)11(14)5-10/h3-5,7,9,15,17H,6H2,1-2H3. The van der Waals surface area contributed by atoms with Crippen LogP contribution in [0.3, 0.4) is 0 Å². The summed E-state index contributed by atoms with van der Waals surface area (Å²) in [5, 5.41) is 16.2. The third kappa shape index (κ3) is 3.22. The highest BCUT2D eigenvalue weighted by atomic mass is 35.5. The van der Waals surface area contributed by atoms with Gasteiger partial charge in [-0.3, -0.25) is 0 Å². The molecule has 1 atom stereocenters. The molecule has 0 saturated heterocycles. The Bertz CT molecular complexity index is 542. The van der Waals surface area contributed by atoms with E-state index in [9.17, 15) is 5.11 Å². The Morgan fingerprint density at radius 3 is 2.89 bits per heavy atom. The molecular weight excluding hydrogens is 268 g/mol. The molecule has 0 aliphatic heterocycles. The number of benzene rings is 1. The number of phenolic OH excluding ortho intramolecular Hbond substituents is 1. The van der Waals surface area contributed by atoms with Crippen molar-refractivity contribution in [1.29, 1.82) is 0 Å².